The van der Waals surface area contributed by atoms with Gasteiger partial charge in [0.2, 0.25) is 0 Å². The summed E-state index contributed by atoms with van der Waals surface area (Å²) in [4.78, 5) is 14.5. The summed E-state index contributed by atoms with van der Waals surface area (Å²) in [7, 11) is 0. The van der Waals surface area contributed by atoms with E-state index in [1.54, 1.807) is 4.52 Å². The van der Waals surface area contributed by atoms with Gasteiger partial charge in [-0.15, -0.1) is 0 Å². The molecule has 0 atom stereocenters. The molecule has 0 radical (unpaired) electrons. The van der Waals surface area contributed by atoms with Crippen molar-refractivity contribution in [3.8, 4) is 0 Å². The molecule has 2 aromatic rings. The number of H-pyrrole nitrogens is 1. The highest BCUT2D eigenvalue weighted by atomic mass is 16.4. The van der Waals surface area contributed by atoms with Gasteiger partial charge in [0, 0.05) is 11.8 Å². The molecule has 14 heavy (non-hydrogen) atoms. The number of hydrogen-bond donors (Lipinski definition) is 2. The molecule has 0 fully saturated rings. The first-order valence-electron chi connectivity index (χ1n) is 4.51. The second-order valence-electron chi connectivity index (χ2n) is 3.19. The van der Waals surface area contributed by atoms with E-state index in [0.29, 0.717) is 5.65 Å². The van der Waals surface area contributed by atoms with Gasteiger partial charge in [0.15, 0.2) is 11.3 Å². The van der Waals surface area contributed by atoms with Gasteiger partial charge < -0.3 is 5.11 Å². The van der Waals surface area contributed by atoms with Crippen LogP contribution >= 0.6 is 0 Å². The molecule has 2 rings (SSSR count). The normalized spacial score (nSPS) is 10.9. The van der Waals surface area contributed by atoms with Crippen molar-refractivity contribution in [3.05, 3.63) is 23.7 Å². The minimum Gasteiger partial charge on any atom is -0.476 e. The number of aromatic amines is 1. The lowest BCUT2D eigenvalue weighted by Gasteiger charge is -1.89. The number of fused-ring (bicyclic) bond motifs is 1. The van der Waals surface area contributed by atoms with Crippen LogP contribution in [0.2, 0.25) is 0 Å². The molecule has 2 aromatic heterocycles. The Kier molecular flexibility index (Phi) is 1.99. The molecule has 74 valence electrons. The summed E-state index contributed by atoms with van der Waals surface area (Å²) in [6.07, 6.45) is 3.48. The number of carboxylic acids is 1. The highest BCUT2D eigenvalue weighted by molar-refractivity contribution is 5.86. The van der Waals surface area contributed by atoms with Crippen molar-refractivity contribution >= 4 is 11.6 Å². The van der Waals surface area contributed by atoms with E-state index >= 15 is 0 Å². The molecule has 0 unspecified atom stereocenters. The Bertz CT molecular complexity index is 438. The number of nitrogens with one attached hydrogen (secondary N) is 1. The van der Waals surface area contributed by atoms with E-state index in [1.165, 1.54) is 6.20 Å². The fraction of sp³-hybridized carbons (Fsp3) is 0.333. The van der Waals surface area contributed by atoms with E-state index in [2.05, 4.69) is 17.0 Å². The van der Waals surface area contributed by atoms with Crippen LogP contribution in [0, 0.1) is 0 Å². The Morgan fingerprint density at radius 1 is 1.71 bits per heavy atom. The van der Waals surface area contributed by atoms with Gasteiger partial charge in [0.05, 0.1) is 6.20 Å². The van der Waals surface area contributed by atoms with Crippen molar-refractivity contribution < 1.29 is 9.90 Å². The minimum atomic E-state index is -1.00. The highest BCUT2D eigenvalue weighted by Gasteiger charge is 2.10. The maximum atomic E-state index is 10.6. The first kappa shape index (κ1) is 8.80. The number of hydrogen-bond acceptors (Lipinski definition) is 2. The molecule has 0 aliphatic rings. The van der Waals surface area contributed by atoms with Gasteiger partial charge in [-0.05, 0) is 6.42 Å². The van der Waals surface area contributed by atoms with Crippen LogP contribution in [0.4, 0.5) is 0 Å². The lowest BCUT2D eigenvalue weighted by atomic mass is 10.2. The first-order valence-corrected chi connectivity index (χ1v) is 4.51. The number of aromatic carboxylic acids is 1. The molecule has 0 saturated carbocycles. The zero-order valence-corrected chi connectivity index (χ0v) is 7.82. The number of imidazole rings is 1. The van der Waals surface area contributed by atoms with Crippen LogP contribution in [0.3, 0.4) is 0 Å². The molecule has 0 aliphatic carbocycles. The Hall–Kier alpha value is -1.78. The van der Waals surface area contributed by atoms with E-state index < -0.39 is 5.97 Å². The van der Waals surface area contributed by atoms with Gasteiger partial charge in [-0.1, -0.05) is 13.3 Å². The molecule has 5 nitrogen and oxygen atoms in total. The van der Waals surface area contributed by atoms with Crippen molar-refractivity contribution in [2.45, 2.75) is 19.8 Å². The van der Waals surface area contributed by atoms with Crippen LogP contribution in [0.25, 0.3) is 5.65 Å². The summed E-state index contributed by atoms with van der Waals surface area (Å²) in [5.74, 6) is -1.00. The third-order valence-electron chi connectivity index (χ3n) is 2.04. The van der Waals surface area contributed by atoms with Crippen LogP contribution in [-0.4, -0.2) is 25.7 Å². The Morgan fingerprint density at radius 3 is 3.07 bits per heavy atom. The Morgan fingerprint density at radius 2 is 2.50 bits per heavy atom. The smallest absolute Gasteiger partial charge is 0.356 e. The number of nitrogens with zero attached hydrogens (tertiary/aromatic N) is 2. The quantitative estimate of drug-likeness (QED) is 0.772. The second kappa shape index (κ2) is 3.17. The molecule has 0 spiro atoms. The zero-order chi connectivity index (χ0) is 10.1. The molecule has 2 N–H and O–H groups in total. The Balaban J connectivity index is 2.40. The summed E-state index contributed by atoms with van der Waals surface area (Å²) < 4.78 is 1.63. The number of carbonyl (C=O) groups is 1. The fourth-order valence-electron chi connectivity index (χ4n) is 1.43. The summed E-state index contributed by atoms with van der Waals surface area (Å²) in [6.45, 7) is 2.09. The molecule has 5 heteroatoms. The summed E-state index contributed by atoms with van der Waals surface area (Å²) in [5.41, 5.74) is 1.80. The highest BCUT2D eigenvalue weighted by Crippen LogP contribution is 2.08. The standard InChI is InChI=1S/C9H11N3O2/c1-2-3-6-4-8-10-7(9(13)14)5-12(8)11-6/h4-5,11H,2-3H2,1H3,(H,13,14). The SMILES string of the molecule is CCCc1cc2nc(C(=O)O)cn2[nH]1. The summed E-state index contributed by atoms with van der Waals surface area (Å²) >= 11 is 0. The van der Waals surface area contributed by atoms with Crippen LogP contribution in [-0.2, 0) is 6.42 Å². The molecule has 2 heterocycles. The number of rotatable bonds is 3. The van der Waals surface area contributed by atoms with Gasteiger partial charge in [-0.2, -0.15) is 0 Å². The summed E-state index contributed by atoms with van der Waals surface area (Å²) in [5, 5.41) is 11.7. The number of aromatic nitrogens is 3. The van der Waals surface area contributed by atoms with E-state index in [9.17, 15) is 4.79 Å². The zero-order valence-electron chi connectivity index (χ0n) is 7.82. The minimum absolute atomic E-state index is 0.0688. The maximum absolute atomic E-state index is 10.6. The van der Waals surface area contributed by atoms with E-state index in [1.807, 2.05) is 6.07 Å². The third kappa shape index (κ3) is 1.37. The van der Waals surface area contributed by atoms with Crippen LogP contribution in [0.15, 0.2) is 12.3 Å². The first-order chi connectivity index (χ1) is 6.70. The number of carboxylic acid groups (broad SMARTS) is 1. The average molecular weight is 193 g/mol. The third-order valence-corrected chi connectivity index (χ3v) is 2.04. The number of aryl methyl sites for hydroxylation is 1. The topological polar surface area (TPSA) is 70.4 Å². The monoisotopic (exact) mass is 193 g/mol. The van der Waals surface area contributed by atoms with Crippen molar-refractivity contribution in [2.75, 3.05) is 0 Å². The van der Waals surface area contributed by atoms with Crippen LogP contribution in [0.1, 0.15) is 29.5 Å². The van der Waals surface area contributed by atoms with E-state index in [-0.39, 0.29) is 5.69 Å². The Labute approximate surface area is 80.4 Å². The van der Waals surface area contributed by atoms with Gasteiger partial charge in [-0.3, -0.25) is 5.10 Å². The maximum Gasteiger partial charge on any atom is 0.356 e. The van der Waals surface area contributed by atoms with Crippen molar-refractivity contribution in [2.24, 2.45) is 0 Å². The summed E-state index contributed by atoms with van der Waals surface area (Å²) in [6, 6.07) is 1.87. The largest absolute Gasteiger partial charge is 0.476 e. The van der Waals surface area contributed by atoms with Gasteiger partial charge >= 0.3 is 5.97 Å². The van der Waals surface area contributed by atoms with E-state index in [4.69, 9.17) is 5.11 Å². The second-order valence-corrected chi connectivity index (χ2v) is 3.19. The van der Waals surface area contributed by atoms with Crippen LogP contribution in [0.5, 0.6) is 0 Å². The average Bonchev–Trinajstić information content (AvgIpc) is 2.61. The molecule has 0 saturated heterocycles. The predicted octanol–water partition coefficient (Wildman–Crippen LogP) is 1.31. The van der Waals surface area contributed by atoms with Crippen molar-refractivity contribution in [1.29, 1.82) is 0 Å². The molecule has 0 amide bonds. The van der Waals surface area contributed by atoms with Gasteiger partial charge in [0.25, 0.3) is 0 Å². The molecular formula is C9H11N3O2. The van der Waals surface area contributed by atoms with Crippen molar-refractivity contribution in [3.63, 3.8) is 0 Å². The lowest BCUT2D eigenvalue weighted by molar-refractivity contribution is 0.0691. The molecule has 0 aromatic carbocycles. The van der Waals surface area contributed by atoms with Crippen molar-refractivity contribution in [1.82, 2.24) is 14.6 Å². The lowest BCUT2D eigenvalue weighted by Crippen LogP contribution is -1.96. The van der Waals surface area contributed by atoms with Gasteiger partial charge in [-0.25, -0.2) is 14.3 Å². The van der Waals surface area contributed by atoms with Gasteiger partial charge in [0.1, 0.15) is 0 Å². The van der Waals surface area contributed by atoms with E-state index in [0.717, 1.165) is 18.5 Å². The fourth-order valence-corrected chi connectivity index (χ4v) is 1.43. The molecule has 0 bridgehead atoms. The molecular weight excluding hydrogens is 182 g/mol. The predicted molar refractivity (Wildman–Crippen MR) is 50.5 cm³/mol. The molecule has 0 aliphatic heterocycles. The van der Waals surface area contributed by atoms with Crippen LogP contribution < -0.4 is 0 Å².